The molecule has 5 heteroatoms. The van der Waals surface area contributed by atoms with Crippen molar-refractivity contribution in [3.05, 3.63) is 0 Å². The van der Waals surface area contributed by atoms with Gasteiger partial charge in [-0.3, -0.25) is 0 Å². The normalized spacial score (nSPS) is 12.0. The molecule has 0 N–H and O–H groups in total. The zero-order valence-electron chi connectivity index (χ0n) is 3.16. The van der Waals surface area contributed by atoms with Crippen LogP contribution in [-0.4, -0.2) is 11.9 Å². The number of alkyl halides is 3. The van der Waals surface area contributed by atoms with E-state index in [0.29, 0.717) is 10.8 Å². The molecule has 0 amide bonds. The first kappa shape index (κ1) is 7.49. The fraction of sp³-hybridized carbons (Fsp3) is 1.00. The van der Waals surface area contributed by atoms with Crippen LogP contribution in [0.1, 0.15) is 0 Å². The Hall–Kier alpha value is 0.490. The summed E-state index contributed by atoms with van der Waals surface area (Å²) in [6, 6.07) is 0. The van der Waals surface area contributed by atoms with Crippen LogP contribution in [0.3, 0.4) is 0 Å². The molecule has 0 bridgehead atoms. The third-order valence-corrected chi connectivity index (χ3v) is 1.02. The van der Waals surface area contributed by atoms with E-state index in [-0.39, 0.29) is 0 Å². The zero-order chi connectivity index (χ0) is 5.91. The number of halogens is 3. The molecule has 0 aromatic carbocycles. The van der Waals surface area contributed by atoms with E-state index in [1.165, 1.54) is 0 Å². The van der Waals surface area contributed by atoms with Gasteiger partial charge in [0.1, 0.15) is 5.75 Å². The van der Waals surface area contributed by atoms with Gasteiger partial charge >= 0.3 is 6.18 Å². The van der Waals surface area contributed by atoms with E-state index in [1.54, 1.807) is 0 Å². The summed E-state index contributed by atoms with van der Waals surface area (Å²) >= 11 is 4.00. The smallest absolute Gasteiger partial charge is 0.170 e. The van der Waals surface area contributed by atoms with Crippen molar-refractivity contribution >= 4 is 22.5 Å². The SMILES string of the molecule is FC(F)(F)CS[S]. The minimum absolute atomic E-state index is 0.367. The topological polar surface area (TPSA) is 0 Å². The lowest BCUT2D eigenvalue weighted by Crippen LogP contribution is -2.09. The van der Waals surface area contributed by atoms with E-state index in [1.807, 2.05) is 0 Å². The van der Waals surface area contributed by atoms with Gasteiger partial charge in [-0.25, -0.2) is 0 Å². The van der Waals surface area contributed by atoms with Crippen LogP contribution in [0.2, 0.25) is 0 Å². The first-order valence-corrected chi connectivity index (χ1v) is 3.29. The van der Waals surface area contributed by atoms with Gasteiger partial charge in [0.2, 0.25) is 0 Å². The summed E-state index contributed by atoms with van der Waals surface area (Å²) in [6.45, 7) is 0. The molecule has 7 heavy (non-hydrogen) atoms. The van der Waals surface area contributed by atoms with Crippen molar-refractivity contribution in [2.75, 3.05) is 5.75 Å². The second kappa shape index (κ2) is 2.71. The molecular weight excluding hydrogens is 145 g/mol. The predicted octanol–water partition coefficient (Wildman–Crippen LogP) is 2.39. The Morgan fingerprint density at radius 3 is 1.86 bits per heavy atom. The van der Waals surface area contributed by atoms with Crippen LogP contribution in [0.15, 0.2) is 0 Å². The molecule has 0 aliphatic carbocycles. The summed E-state index contributed by atoms with van der Waals surface area (Å²) in [4.78, 5) is 0. The number of hydrogen-bond acceptors (Lipinski definition) is 1. The molecule has 43 valence electrons. The van der Waals surface area contributed by atoms with E-state index in [0.717, 1.165) is 0 Å². The maximum Gasteiger partial charge on any atom is 0.398 e. The highest BCUT2D eigenvalue weighted by Gasteiger charge is 2.26. The van der Waals surface area contributed by atoms with Gasteiger partial charge in [0.05, 0.1) is 0 Å². The third-order valence-electron chi connectivity index (χ3n) is 0.223. The molecule has 0 spiro atoms. The van der Waals surface area contributed by atoms with Crippen LogP contribution < -0.4 is 0 Å². The quantitative estimate of drug-likeness (QED) is 0.513. The van der Waals surface area contributed by atoms with E-state index >= 15 is 0 Å². The molecular formula is C2H2F3S2. The second-order valence-corrected chi connectivity index (χ2v) is 2.11. The minimum atomic E-state index is -4.09. The Labute approximate surface area is 48.3 Å². The maximum atomic E-state index is 11.0. The van der Waals surface area contributed by atoms with Crippen LogP contribution in [0, 0.1) is 0 Å². The summed E-state index contributed by atoms with van der Waals surface area (Å²) in [5.74, 6) is -0.928. The Morgan fingerprint density at radius 1 is 1.43 bits per heavy atom. The van der Waals surface area contributed by atoms with E-state index in [4.69, 9.17) is 0 Å². The Balaban J connectivity index is 3.15. The van der Waals surface area contributed by atoms with Crippen molar-refractivity contribution < 1.29 is 13.2 Å². The van der Waals surface area contributed by atoms with Crippen LogP contribution in [0.4, 0.5) is 13.2 Å². The van der Waals surface area contributed by atoms with E-state index in [9.17, 15) is 13.2 Å². The van der Waals surface area contributed by atoms with Crippen LogP contribution in [-0.2, 0) is 0 Å². The molecule has 0 saturated carbocycles. The van der Waals surface area contributed by atoms with Crippen molar-refractivity contribution in [3.63, 3.8) is 0 Å². The summed E-state index contributed by atoms with van der Waals surface area (Å²) in [5.41, 5.74) is 0. The van der Waals surface area contributed by atoms with E-state index in [2.05, 4.69) is 11.7 Å². The summed E-state index contributed by atoms with van der Waals surface area (Å²) in [5, 5.41) is 0. The molecule has 0 aliphatic heterocycles. The molecule has 0 saturated heterocycles. The Morgan fingerprint density at radius 2 is 1.86 bits per heavy atom. The van der Waals surface area contributed by atoms with Crippen molar-refractivity contribution in [2.45, 2.75) is 6.18 Å². The fourth-order valence-electron chi connectivity index (χ4n) is 0.0668. The van der Waals surface area contributed by atoms with Crippen LogP contribution >= 0.6 is 22.5 Å². The highest BCUT2D eigenvalue weighted by Crippen LogP contribution is 2.22. The van der Waals surface area contributed by atoms with Crippen molar-refractivity contribution in [1.82, 2.24) is 0 Å². The van der Waals surface area contributed by atoms with E-state index < -0.39 is 11.9 Å². The molecule has 0 fully saturated rings. The molecule has 0 aromatic heterocycles. The first-order chi connectivity index (χ1) is 3.06. The molecule has 0 unspecified atom stereocenters. The molecule has 0 aromatic rings. The maximum absolute atomic E-state index is 11.0. The first-order valence-electron chi connectivity index (χ1n) is 1.38. The lowest BCUT2D eigenvalue weighted by Gasteiger charge is -1.98. The molecule has 0 heterocycles. The zero-order valence-corrected chi connectivity index (χ0v) is 4.79. The van der Waals surface area contributed by atoms with Crippen LogP contribution in [0.5, 0.6) is 0 Å². The summed E-state index contributed by atoms with van der Waals surface area (Å²) < 4.78 is 32.9. The van der Waals surface area contributed by atoms with Gasteiger partial charge in [-0.15, -0.1) is 0 Å². The van der Waals surface area contributed by atoms with Crippen molar-refractivity contribution in [1.29, 1.82) is 0 Å². The van der Waals surface area contributed by atoms with Crippen molar-refractivity contribution in [3.8, 4) is 0 Å². The second-order valence-electron chi connectivity index (χ2n) is 0.877. The van der Waals surface area contributed by atoms with Gasteiger partial charge in [0, 0.05) is 0 Å². The van der Waals surface area contributed by atoms with Gasteiger partial charge in [0.15, 0.2) is 0 Å². The highest BCUT2D eigenvalue weighted by molar-refractivity contribution is 8.68. The third kappa shape index (κ3) is 6.49. The molecule has 0 rings (SSSR count). The Kier molecular flexibility index (Phi) is 2.90. The van der Waals surface area contributed by atoms with Gasteiger partial charge < -0.3 is 0 Å². The lowest BCUT2D eigenvalue weighted by molar-refractivity contribution is -0.104. The average Bonchev–Trinajstić information content (AvgIpc) is 1.30. The van der Waals surface area contributed by atoms with Crippen molar-refractivity contribution in [2.24, 2.45) is 0 Å². The largest absolute Gasteiger partial charge is 0.398 e. The van der Waals surface area contributed by atoms with Gasteiger partial charge in [0.25, 0.3) is 0 Å². The van der Waals surface area contributed by atoms with Gasteiger partial charge in [-0.05, 0) is 11.7 Å². The standard InChI is InChI=1S/C2H2F3S2/c3-2(4,5)1-7-6/h1H2. The number of hydrogen-bond donors (Lipinski definition) is 0. The average molecular weight is 147 g/mol. The molecule has 0 aliphatic rings. The molecule has 0 nitrogen and oxygen atoms in total. The summed E-state index contributed by atoms with van der Waals surface area (Å²) in [6.07, 6.45) is -4.09. The van der Waals surface area contributed by atoms with Gasteiger partial charge in [-0.1, -0.05) is 10.8 Å². The van der Waals surface area contributed by atoms with Crippen LogP contribution in [0.25, 0.3) is 0 Å². The van der Waals surface area contributed by atoms with Gasteiger partial charge in [-0.2, -0.15) is 13.2 Å². The molecule has 1 radical (unpaired) electrons. The highest BCUT2D eigenvalue weighted by atomic mass is 33.1. The molecule has 0 atom stereocenters. The lowest BCUT2D eigenvalue weighted by atomic mass is 10.8. The fourth-order valence-corrected chi connectivity index (χ4v) is 0.601. The Bertz CT molecular complexity index is 49.4. The number of rotatable bonds is 1. The monoisotopic (exact) mass is 147 g/mol. The summed E-state index contributed by atoms with van der Waals surface area (Å²) in [7, 11) is 0.367. The minimum Gasteiger partial charge on any atom is -0.170 e. The predicted molar refractivity (Wildman–Crippen MR) is 26.1 cm³/mol.